The van der Waals surface area contributed by atoms with E-state index in [0.29, 0.717) is 0 Å². The summed E-state index contributed by atoms with van der Waals surface area (Å²) in [5, 5.41) is 9.02. The van der Waals surface area contributed by atoms with Gasteiger partial charge in [0.25, 0.3) is 0 Å². The summed E-state index contributed by atoms with van der Waals surface area (Å²) >= 11 is 5.93. The second-order valence-electron chi connectivity index (χ2n) is 6.72. The van der Waals surface area contributed by atoms with Crippen molar-refractivity contribution in [2.75, 3.05) is 0 Å². The second-order valence-corrected chi connectivity index (χ2v) is 7.33. The van der Waals surface area contributed by atoms with Gasteiger partial charge in [-0.1, -0.05) is 48.9 Å². The lowest BCUT2D eigenvalue weighted by Crippen LogP contribution is -2.18. The number of pyridine rings is 1. The van der Waals surface area contributed by atoms with Crippen LogP contribution in [0.4, 0.5) is 4.79 Å². The molecule has 138 valence electrons. The van der Waals surface area contributed by atoms with Crippen LogP contribution in [0.3, 0.4) is 0 Å². The summed E-state index contributed by atoms with van der Waals surface area (Å²) in [4.78, 5) is 12.9. The maximum atomic E-state index is 12.9. The van der Waals surface area contributed by atoms with Crippen LogP contribution in [0.1, 0.15) is 32.3 Å². The molecule has 7 heteroatoms. The summed E-state index contributed by atoms with van der Waals surface area (Å²) in [6.07, 6.45) is 3.05. The molecular weight excluding hydrogens is 364 g/mol. The Bertz CT molecular complexity index is 1140. The molecule has 0 aliphatic heterocycles. The topological polar surface area (TPSA) is 61.4 Å². The van der Waals surface area contributed by atoms with Gasteiger partial charge in [0.15, 0.2) is 5.56 Å². The number of alkyl halides is 1. The fourth-order valence-corrected chi connectivity index (χ4v) is 3.55. The molecule has 3 aromatic heterocycles. The van der Waals surface area contributed by atoms with Crippen molar-refractivity contribution < 1.29 is 9.53 Å². The highest BCUT2D eigenvalue weighted by Crippen LogP contribution is 2.38. The molecule has 0 spiro atoms. The summed E-state index contributed by atoms with van der Waals surface area (Å²) in [5.74, 6) is 0.193. The van der Waals surface area contributed by atoms with E-state index in [1.807, 2.05) is 42.6 Å². The van der Waals surface area contributed by atoms with Crippen LogP contribution in [0.2, 0.25) is 0 Å². The Morgan fingerprint density at radius 3 is 2.67 bits per heavy atom. The number of ether oxygens (including phenoxy) is 1. The Morgan fingerprint density at radius 1 is 1.15 bits per heavy atom. The van der Waals surface area contributed by atoms with Crippen LogP contribution in [-0.2, 0) is 4.74 Å². The predicted octanol–water partition coefficient (Wildman–Crippen LogP) is 5.04. The molecule has 1 atom stereocenters. The van der Waals surface area contributed by atoms with E-state index in [0.717, 1.165) is 33.2 Å². The number of carbonyl (C=O) groups is 1. The summed E-state index contributed by atoms with van der Waals surface area (Å²) in [5.41, 5.74) is 3.65. The first-order valence-electron chi connectivity index (χ1n) is 8.76. The fraction of sp³-hybridized carbons (Fsp3) is 0.250. The van der Waals surface area contributed by atoms with Gasteiger partial charge in [-0.3, -0.25) is 0 Å². The molecule has 4 rings (SSSR count). The monoisotopic (exact) mass is 382 g/mol. The molecule has 27 heavy (non-hydrogen) atoms. The van der Waals surface area contributed by atoms with Crippen LogP contribution >= 0.6 is 11.6 Å². The van der Waals surface area contributed by atoms with E-state index >= 15 is 0 Å². The molecule has 6 nitrogen and oxygen atoms in total. The van der Waals surface area contributed by atoms with Crippen LogP contribution < -0.4 is 0 Å². The Hall–Kier alpha value is -2.86. The molecule has 3 heterocycles. The van der Waals surface area contributed by atoms with Crippen molar-refractivity contribution in [1.82, 2.24) is 19.4 Å². The molecule has 0 saturated heterocycles. The highest BCUT2D eigenvalue weighted by molar-refractivity contribution is 6.20. The molecular formula is C20H19ClN4O2. The molecule has 0 aliphatic carbocycles. The van der Waals surface area contributed by atoms with Gasteiger partial charge in [-0.25, -0.2) is 13.9 Å². The highest BCUT2D eigenvalue weighted by Gasteiger charge is 2.25. The summed E-state index contributed by atoms with van der Waals surface area (Å²) in [6.45, 7) is 5.84. The van der Waals surface area contributed by atoms with E-state index in [-0.39, 0.29) is 5.92 Å². The van der Waals surface area contributed by atoms with Crippen LogP contribution in [0, 0.1) is 0 Å². The average molecular weight is 383 g/mol. The smallest absolute Gasteiger partial charge is 0.420 e. The van der Waals surface area contributed by atoms with E-state index in [9.17, 15) is 4.79 Å². The second kappa shape index (κ2) is 6.70. The molecule has 0 aliphatic rings. The third-order valence-electron chi connectivity index (χ3n) is 4.51. The molecule has 1 unspecified atom stereocenters. The van der Waals surface area contributed by atoms with E-state index in [1.54, 1.807) is 22.2 Å². The number of hydrogen-bond donors (Lipinski definition) is 0. The number of hydrogen-bond acceptors (Lipinski definition) is 4. The van der Waals surface area contributed by atoms with E-state index in [2.05, 4.69) is 24.2 Å². The first kappa shape index (κ1) is 17.5. The molecule has 0 N–H and O–H groups in total. The first-order valence-corrected chi connectivity index (χ1v) is 9.20. The first-order chi connectivity index (χ1) is 13.0. The maximum absolute atomic E-state index is 12.9. The zero-order chi connectivity index (χ0) is 19.1. The summed E-state index contributed by atoms with van der Waals surface area (Å²) < 4.78 is 8.62. The van der Waals surface area contributed by atoms with Gasteiger partial charge in [0.2, 0.25) is 0 Å². The quantitative estimate of drug-likeness (QED) is 0.465. The average Bonchev–Trinajstić information content (AvgIpc) is 3.22. The molecule has 0 bridgehead atoms. The largest absolute Gasteiger partial charge is 0.429 e. The molecule has 0 fully saturated rings. The van der Waals surface area contributed by atoms with Crippen molar-refractivity contribution in [2.45, 2.75) is 32.3 Å². The van der Waals surface area contributed by atoms with Gasteiger partial charge in [0.05, 0.1) is 22.9 Å². The van der Waals surface area contributed by atoms with Gasteiger partial charge in [-0.15, -0.1) is 5.10 Å². The number of fused-ring (bicyclic) bond motifs is 2. The number of benzene rings is 1. The van der Waals surface area contributed by atoms with Crippen LogP contribution in [0.15, 0.2) is 48.8 Å². The van der Waals surface area contributed by atoms with Crippen molar-refractivity contribution in [3.05, 3.63) is 54.4 Å². The fourth-order valence-electron chi connectivity index (χ4n) is 3.48. The van der Waals surface area contributed by atoms with Crippen molar-refractivity contribution in [3.63, 3.8) is 0 Å². The lowest BCUT2D eigenvalue weighted by atomic mass is 9.96. The number of halogens is 1. The Kier molecular flexibility index (Phi) is 4.36. The Morgan fingerprint density at radius 2 is 1.93 bits per heavy atom. The van der Waals surface area contributed by atoms with Gasteiger partial charge in [0.1, 0.15) is 0 Å². The lowest BCUT2D eigenvalue weighted by Gasteiger charge is -2.14. The van der Waals surface area contributed by atoms with Gasteiger partial charge in [-0.05, 0) is 36.6 Å². The zero-order valence-electron chi connectivity index (χ0n) is 15.3. The van der Waals surface area contributed by atoms with Crippen molar-refractivity contribution in [3.8, 4) is 11.3 Å². The minimum atomic E-state index is -0.730. The van der Waals surface area contributed by atoms with Crippen molar-refractivity contribution in [1.29, 1.82) is 0 Å². The number of aromatic nitrogens is 4. The SMILES string of the molecule is CC(Cl)OC(=O)n1c(-c2ccc3cnnn3c2)c(C(C)C)c2ccccc21. The van der Waals surface area contributed by atoms with E-state index in [4.69, 9.17) is 16.3 Å². The van der Waals surface area contributed by atoms with E-state index in [1.165, 1.54) is 0 Å². The standard InChI is InChI=1S/C20H19ClN4O2/c1-12(2)18-16-6-4-5-7-17(16)25(20(26)27-13(3)21)19(18)14-8-9-15-10-22-23-24(15)11-14/h4-13H,1-3H3. The van der Waals surface area contributed by atoms with Gasteiger partial charge in [0, 0.05) is 17.1 Å². The zero-order valence-corrected chi connectivity index (χ0v) is 16.0. The number of nitrogens with zero attached hydrogens (tertiary/aromatic N) is 4. The molecule has 1 aromatic carbocycles. The Balaban J connectivity index is 2.07. The number of para-hydroxylation sites is 1. The van der Waals surface area contributed by atoms with Crippen LogP contribution in [0.5, 0.6) is 0 Å². The van der Waals surface area contributed by atoms with Crippen molar-refractivity contribution in [2.24, 2.45) is 0 Å². The van der Waals surface area contributed by atoms with Gasteiger partial charge in [-0.2, -0.15) is 0 Å². The van der Waals surface area contributed by atoms with Gasteiger partial charge < -0.3 is 4.74 Å². The normalized spacial score (nSPS) is 12.8. The van der Waals surface area contributed by atoms with Crippen molar-refractivity contribution >= 4 is 34.1 Å². The minimum absolute atomic E-state index is 0.193. The highest BCUT2D eigenvalue weighted by atomic mass is 35.5. The molecule has 4 aromatic rings. The molecule has 0 radical (unpaired) electrons. The molecule has 0 amide bonds. The van der Waals surface area contributed by atoms with Crippen LogP contribution in [-0.4, -0.2) is 31.1 Å². The maximum Gasteiger partial charge on any atom is 0.420 e. The van der Waals surface area contributed by atoms with Crippen LogP contribution in [0.25, 0.3) is 27.7 Å². The summed E-state index contributed by atoms with van der Waals surface area (Å²) in [7, 11) is 0. The summed E-state index contributed by atoms with van der Waals surface area (Å²) in [6, 6.07) is 11.7. The Labute approximate surface area is 161 Å². The van der Waals surface area contributed by atoms with E-state index < -0.39 is 11.7 Å². The number of rotatable bonds is 3. The predicted molar refractivity (Wildman–Crippen MR) is 105 cm³/mol. The third-order valence-corrected chi connectivity index (χ3v) is 4.60. The third kappa shape index (κ3) is 2.96. The van der Waals surface area contributed by atoms with Gasteiger partial charge >= 0.3 is 6.09 Å². The minimum Gasteiger partial charge on any atom is -0.429 e. The lowest BCUT2D eigenvalue weighted by molar-refractivity contribution is 0.142. The molecule has 0 saturated carbocycles. The number of carbonyl (C=O) groups excluding carboxylic acids is 1.